The zero-order valence-corrected chi connectivity index (χ0v) is 11.2. The average Bonchev–Trinajstić information content (AvgIpc) is 2.90. The summed E-state index contributed by atoms with van der Waals surface area (Å²) in [5, 5.41) is 5.71. The minimum Gasteiger partial charge on any atom is -0.376 e. The van der Waals surface area contributed by atoms with E-state index in [0.29, 0.717) is 6.04 Å². The number of ether oxygens (including phenoxy) is 1. The monoisotopic (exact) mass is 239 g/mol. The molecule has 90 valence electrons. The molecule has 0 saturated heterocycles. The molecule has 0 aliphatic heterocycles. The number of aryl methyl sites for hydroxylation is 1. The van der Waals surface area contributed by atoms with E-state index in [4.69, 9.17) is 4.74 Å². The Kier molecular flexibility index (Phi) is 3.67. The van der Waals surface area contributed by atoms with Crippen molar-refractivity contribution in [1.29, 1.82) is 0 Å². The van der Waals surface area contributed by atoms with E-state index in [1.165, 1.54) is 36.1 Å². The van der Waals surface area contributed by atoms with E-state index in [1.54, 1.807) is 0 Å². The van der Waals surface area contributed by atoms with Gasteiger partial charge in [-0.3, -0.25) is 0 Å². The van der Waals surface area contributed by atoms with Gasteiger partial charge in [0.2, 0.25) is 0 Å². The number of nitrogens with one attached hydrogen (secondary N) is 1. The molecule has 2 rings (SSSR count). The minimum atomic E-state index is 0.0161. The van der Waals surface area contributed by atoms with Crippen LogP contribution in [0, 0.1) is 6.92 Å². The highest BCUT2D eigenvalue weighted by atomic mass is 32.1. The van der Waals surface area contributed by atoms with Crippen LogP contribution in [0.4, 0.5) is 0 Å². The smallest absolute Gasteiger partial charge is 0.0872 e. The van der Waals surface area contributed by atoms with Gasteiger partial charge in [-0.25, -0.2) is 0 Å². The highest BCUT2D eigenvalue weighted by molar-refractivity contribution is 7.10. The van der Waals surface area contributed by atoms with Crippen LogP contribution < -0.4 is 5.32 Å². The molecule has 1 atom stereocenters. The molecule has 1 aromatic heterocycles. The Morgan fingerprint density at radius 1 is 1.44 bits per heavy atom. The highest BCUT2D eigenvalue weighted by Gasteiger charge is 2.41. The first-order chi connectivity index (χ1) is 7.72. The molecule has 2 nitrogen and oxygen atoms in total. The van der Waals surface area contributed by atoms with Crippen molar-refractivity contribution in [2.24, 2.45) is 0 Å². The van der Waals surface area contributed by atoms with Crippen molar-refractivity contribution in [3.05, 3.63) is 21.9 Å². The van der Waals surface area contributed by atoms with Crippen molar-refractivity contribution in [1.82, 2.24) is 5.32 Å². The second-order valence-corrected chi connectivity index (χ2v) is 5.80. The number of hydrogen-bond acceptors (Lipinski definition) is 3. The lowest BCUT2D eigenvalue weighted by Crippen LogP contribution is -2.42. The molecule has 1 fully saturated rings. The Bertz CT molecular complexity index is 341. The summed E-state index contributed by atoms with van der Waals surface area (Å²) >= 11 is 1.82. The maximum absolute atomic E-state index is 5.86. The molecular formula is C13H21NOS. The Morgan fingerprint density at radius 3 is 2.56 bits per heavy atom. The molecule has 0 radical (unpaired) electrons. The first kappa shape index (κ1) is 12.1. The maximum Gasteiger partial charge on any atom is 0.0872 e. The lowest BCUT2D eigenvalue weighted by atomic mass is 9.88. The molecule has 16 heavy (non-hydrogen) atoms. The number of thiophene rings is 1. The van der Waals surface area contributed by atoms with E-state index >= 15 is 0 Å². The first-order valence-electron chi connectivity index (χ1n) is 5.99. The van der Waals surface area contributed by atoms with Crippen molar-refractivity contribution < 1.29 is 4.74 Å². The van der Waals surface area contributed by atoms with Crippen LogP contribution in [0.25, 0.3) is 0 Å². The van der Waals surface area contributed by atoms with Crippen molar-refractivity contribution in [2.45, 2.75) is 44.2 Å². The van der Waals surface area contributed by atoms with Gasteiger partial charge in [-0.15, -0.1) is 11.3 Å². The number of likely N-dealkylation sites (N-methyl/N-ethyl adjacent to an activating group) is 1. The van der Waals surface area contributed by atoms with Crippen LogP contribution in [0.5, 0.6) is 0 Å². The zero-order valence-electron chi connectivity index (χ0n) is 10.4. The zero-order chi connectivity index (χ0) is 11.6. The first-order valence-corrected chi connectivity index (χ1v) is 6.87. The topological polar surface area (TPSA) is 21.3 Å². The van der Waals surface area contributed by atoms with Crippen molar-refractivity contribution in [2.75, 3.05) is 14.2 Å². The second kappa shape index (κ2) is 4.86. The molecule has 0 bridgehead atoms. The van der Waals surface area contributed by atoms with Crippen LogP contribution in [-0.2, 0) is 4.74 Å². The summed E-state index contributed by atoms with van der Waals surface area (Å²) in [5.41, 5.74) is 1.40. The summed E-state index contributed by atoms with van der Waals surface area (Å²) in [7, 11) is 3.89. The maximum atomic E-state index is 5.86. The van der Waals surface area contributed by atoms with Gasteiger partial charge in [0.15, 0.2) is 0 Å². The fourth-order valence-electron chi connectivity index (χ4n) is 2.93. The lowest BCUT2D eigenvalue weighted by Gasteiger charge is -2.36. The number of methoxy groups -OCH3 is 1. The molecule has 3 heteroatoms. The SMILES string of the molecule is CNC(c1csc(C)c1)C1(OC)CCCC1. The van der Waals surface area contributed by atoms with Crippen LogP contribution in [0.1, 0.15) is 42.2 Å². The number of rotatable bonds is 4. The molecule has 1 aliphatic carbocycles. The third-order valence-corrected chi connectivity index (χ3v) is 4.64. The van der Waals surface area contributed by atoms with E-state index in [0.717, 1.165) is 0 Å². The second-order valence-electron chi connectivity index (χ2n) is 4.69. The molecule has 1 saturated carbocycles. The fraction of sp³-hybridized carbons (Fsp3) is 0.692. The molecule has 1 heterocycles. The standard InChI is InChI=1S/C13H21NOS/c1-10-8-11(9-16-10)12(14-2)13(15-3)6-4-5-7-13/h8-9,12,14H,4-7H2,1-3H3. The van der Waals surface area contributed by atoms with Gasteiger partial charge in [0.25, 0.3) is 0 Å². The van der Waals surface area contributed by atoms with E-state index in [-0.39, 0.29) is 5.60 Å². The normalized spacial score (nSPS) is 21.2. The summed E-state index contributed by atoms with van der Waals surface area (Å²) in [5.74, 6) is 0. The van der Waals surface area contributed by atoms with Crippen LogP contribution in [0.2, 0.25) is 0 Å². The van der Waals surface area contributed by atoms with Gasteiger partial charge in [-0.05, 0) is 43.8 Å². The van der Waals surface area contributed by atoms with Crippen LogP contribution >= 0.6 is 11.3 Å². The average molecular weight is 239 g/mol. The predicted octanol–water partition coefficient (Wildman–Crippen LogP) is 3.28. The van der Waals surface area contributed by atoms with E-state index < -0.39 is 0 Å². The van der Waals surface area contributed by atoms with Crippen molar-refractivity contribution >= 4 is 11.3 Å². The quantitative estimate of drug-likeness (QED) is 0.870. The van der Waals surface area contributed by atoms with Gasteiger partial charge in [0, 0.05) is 12.0 Å². The van der Waals surface area contributed by atoms with Gasteiger partial charge in [0.05, 0.1) is 11.6 Å². The van der Waals surface area contributed by atoms with Gasteiger partial charge in [-0.2, -0.15) is 0 Å². The van der Waals surface area contributed by atoms with Crippen molar-refractivity contribution in [3.63, 3.8) is 0 Å². The van der Waals surface area contributed by atoms with Crippen LogP contribution in [0.15, 0.2) is 11.4 Å². The summed E-state index contributed by atoms with van der Waals surface area (Å²) < 4.78 is 5.86. The summed E-state index contributed by atoms with van der Waals surface area (Å²) in [4.78, 5) is 1.37. The van der Waals surface area contributed by atoms with Crippen LogP contribution in [-0.4, -0.2) is 19.8 Å². The van der Waals surface area contributed by atoms with Crippen molar-refractivity contribution in [3.8, 4) is 0 Å². The van der Waals surface area contributed by atoms with Gasteiger partial charge >= 0.3 is 0 Å². The highest BCUT2D eigenvalue weighted by Crippen LogP contribution is 2.43. The Morgan fingerprint density at radius 2 is 2.12 bits per heavy atom. The molecule has 1 aromatic rings. The van der Waals surface area contributed by atoms with E-state index in [1.807, 2.05) is 25.5 Å². The fourth-order valence-corrected chi connectivity index (χ4v) is 3.66. The summed E-state index contributed by atoms with van der Waals surface area (Å²) in [6.07, 6.45) is 4.91. The molecule has 1 aliphatic rings. The Hall–Kier alpha value is -0.380. The van der Waals surface area contributed by atoms with E-state index in [9.17, 15) is 0 Å². The minimum absolute atomic E-state index is 0.0161. The molecule has 0 amide bonds. The summed E-state index contributed by atoms with van der Waals surface area (Å²) in [6, 6.07) is 2.62. The third kappa shape index (κ3) is 2.04. The third-order valence-electron chi connectivity index (χ3n) is 3.76. The molecule has 0 aromatic carbocycles. The Balaban J connectivity index is 2.27. The molecular weight excluding hydrogens is 218 g/mol. The molecule has 0 spiro atoms. The van der Waals surface area contributed by atoms with Gasteiger partial charge < -0.3 is 10.1 Å². The van der Waals surface area contributed by atoms with E-state index in [2.05, 4.69) is 23.7 Å². The largest absolute Gasteiger partial charge is 0.376 e. The predicted molar refractivity (Wildman–Crippen MR) is 69.1 cm³/mol. The molecule has 1 N–H and O–H groups in total. The molecule has 1 unspecified atom stereocenters. The summed E-state index contributed by atoms with van der Waals surface area (Å²) in [6.45, 7) is 2.16. The number of hydrogen-bond donors (Lipinski definition) is 1. The Labute approximate surface area is 102 Å². The lowest BCUT2D eigenvalue weighted by molar-refractivity contribution is -0.0348. The van der Waals surface area contributed by atoms with Gasteiger partial charge in [-0.1, -0.05) is 12.8 Å². The van der Waals surface area contributed by atoms with Gasteiger partial charge in [0.1, 0.15) is 0 Å². The van der Waals surface area contributed by atoms with Crippen LogP contribution in [0.3, 0.4) is 0 Å².